The van der Waals surface area contributed by atoms with Crippen molar-refractivity contribution in [2.24, 2.45) is 0 Å². The van der Waals surface area contributed by atoms with E-state index in [0.29, 0.717) is 23.5 Å². The first-order valence-electron chi connectivity index (χ1n) is 7.95. The van der Waals surface area contributed by atoms with E-state index in [0.717, 1.165) is 17.3 Å². The molecule has 0 aromatic heterocycles. The molecule has 1 atom stereocenters. The maximum atomic E-state index is 12.1. The van der Waals surface area contributed by atoms with Crippen LogP contribution in [0.1, 0.15) is 15.9 Å². The number of carbonyl (C=O) groups excluding carboxylic acids is 3. The van der Waals surface area contributed by atoms with Gasteiger partial charge in [-0.2, -0.15) is 0 Å². The summed E-state index contributed by atoms with van der Waals surface area (Å²) in [6.07, 6.45) is 0.466. The maximum absolute atomic E-state index is 12.1. The Labute approximate surface area is 154 Å². The van der Waals surface area contributed by atoms with Crippen molar-refractivity contribution in [3.8, 4) is 11.5 Å². The van der Waals surface area contributed by atoms with Crippen molar-refractivity contribution in [1.82, 2.24) is 5.32 Å². The Balaban J connectivity index is 1.53. The fourth-order valence-electron chi connectivity index (χ4n) is 2.47. The van der Waals surface area contributed by atoms with Crippen molar-refractivity contribution in [2.75, 3.05) is 13.7 Å². The lowest BCUT2D eigenvalue weighted by atomic mass is 10.1. The van der Waals surface area contributed by atoms with Crippen molar-refractivity contribution in [3.63, 3.8) is 0 Å². The van der Waals surface area contributed by atoms with Crippen molar-refractivity contribution < 1.29 is 23.9 Å². The number of methoxy groups -OCH3 is 1. The molecule has 1 N–H and O–H groups in total. The van der Waals surface area contributed by atoms with Crippen molar-refractivity contribution in [3.05, 3.63) is 59.7 Å². The van der Waals surface area contributed by atoms with Gasteiger partial charge in [-0.15, -0.1) is 0 Å². The van der Waals surface area contributed by atoms with Crippen LogP contribution in [0.5, 0.6) is 11.5 Å². The minimum atomic E-state index is -0.397. The molecule has 2 aromatic carbocycles. The van der Waals surface area contributed by atoms with Gasteiger partial charge in [0.25, 0.3) is 5.24 Å². The van der Waals surface area contributed by atoms with Crippen LogP contribution in [0.2, 0.25) is 0 Å². The number of ether oxygens (including phenoxy) is 2. The van der Waals surface area contributed by atoms with E-state index in [9.17, 15) is 14.4 Å². The summed E-state index contributed by atoms with van der Waals surface area (Å²) in [5.74, 6) is 0.865. The van der Waals surface area contributed by atoms with Crippen LogP contribution in [-0.4, -0.2) is 35.9 Å². The normalized spacial score (nSPS) is 16.3. The van der Waals surface area contributed by atoms with Crippen LogP contribution in [0.4, 0.5) is 4.79 Å². The van der Waals surface area contributed by atoms with Crippen LogP contribution in [0.15, 0.2) is 48.5 Å². The van der Waals surface area contributed by atoms with Gasteiger partial charge >= 0.3 is 0 Å². The number of Topliss-reactive ketones (excluding diaryl/α,β-unsaturated/α-hetero) is 1. The molecule has 0 saturated carbocycles. The fourth-order valence-corrected chi connectivity index (χ4v) is 3.33. The SMILES string of the molecule is COc1ccc(C(=O)COc2ccc(C[C@@H]3SC(=O)NC3=O)cc2)cc1. The number of benzene rings is 2. The molecule has 0 spiro atoms. The van der Waals surface area contributed by atoms with E-state index in [2.05, 4.69) is 5.32 Å². The van der Waals surface area contributed by atoms with Gasteiger partial charge in [-0.05, 0) is 48.4 Å². The number of rotatable bonds is 7. The van der Waals surface area contributed by atoms with Crippen LogP contribution in [-0.2, 0) is 11.2 Å². The zero-order valence-corrected chi connectivity index (χ0v) is 14.9. The molecule has 134 valence electrons. The third kappa shape index (κ3) is 4.43. The number of imide groups is 1. The Morgan fingerprint density at radius 1 is 1.04 bits per heavy atom. The molecule has 1 aliphatic rings. The van der Waals surface area contributed by atoms with Gasteiger partial charge in [0.05, 0.1) is 12.4 Å². The topological polar surface area (TPSA) is 81.7 Å². The van der Waals surface area contributed by atoms with Crippen LogP contribution < -0.4 is 14.8 Å². The Hall–Kier alpha value is -2.80. The quantitative estimate of drug-likeness (QED) is 0.754. The summed E-state index contributed by atoms with van der Waals surface area (Å²) in [4.78, 5) is 34.9. The molecule has 1 fully saturated rings. The first-order valence-corrected chi connectivity index (χ1v) is 8.83. The van der Waals surface area contributed by atoms with Gasteiger partial charge in [0, 0.05) is 5.56 Å². The number of hydrogen-bond donors (Lipinski definition) is 1. The van der Waals surface area contributed by atoms with E-state index >= 15 is 0 Å². The zero-order valence-electron chi connectivity index (χ0n) is 14.1. The van der Waals surface area contributed by atoms with Crippen LogP contribution in [0.3, 0.4) is 0 Å². The molecule has 6 nitrogen and oxygen atoms in total. The standard InChI is InChI=1S/C19H17NO5S/c1-24-14-8-4-13(5-9-14)16(21)11-25-15-6-2-12(3-7-15)10-17-18(22)20-19(23)26-17/h2-9,17H,10-11H2,1H3,(H,20,22,23)/t17-/m0/s1. The lowest BCUT2D eigenvalue weighted by Gasteiger charge is -2.08. The number of ketones is 1. The predicted molar refractivity (Wildman–Crippen MR) is 97.9 cm³/mol. The van der Waals surface area contributed by atoms with Gasteiger partial charge in [-0.1, -0.05) is 23.9 Å². The van der Waals surface area contributed by atoms with Crippen LogP contribution >= 0.6 is 11.8 Å². The summed E-state index contributed by atoms with van der Waals surface area (Å²) >= 11 is 1.00. The Morgan fingerprint density at radius 3 is 2.27 bits per heavy atom. The largest absolute Gasteiger partial charge is 0.497 e. The fraction of sp³-hybridized carbons (Fsp3) is 0.211. The third-order valence-corrected chi connectivity index (χ3v) is 4.87. The minimum Gasteiger partial charge on any atom is -0.497 e. The lowest BCUT2D eigenvalue weighted by molar-refractivity contribution is -0.118. The summed E-state index contributed by atoms with van der Waals surface area (Å²) in [5, 5.41) is 1.56. The second-order valence-electron chi connectivity index (χ2n) is 5.67. The van der Waals surface area contributed by atoms with E-state index in [-0.39, 0.29) is 23.5 Å². The van der Waals surface area contributed by atoms with E-state index < -0.39 is 5.25 Å². The summed E-state index contributed by atoms with van der Waals surface area (Å²) in [6, 6.07) is 14.0. The first kappa shape index (κ1) is 18.0. The highest BCUT2D eigenvalue weighted by Gasteiger charge is 2.31. The zero-order chi connectivity index (χ0) is 18.5. The minimum absolute atomic E-state index is 0.0684. The summed E-state index contributed by atoms with van der Waals surface area (Å²) in [6.45, 7) is -0.0684. The highest BCUT2D eigenvalue weighted by Crippen LogP contribution is 2.24. The molecule has 3 rings (SSSR count). The molecule has 1 aliphatic heterocycles. The molecule has 2 aromatic rings. The molecule has 1 heterocycles. The molecule has 0 aliphatic carbocycles. The third-order valence-electron chi connectivity index (χ3n) is 3.89. The smallest absolute Gasteiger partial charge is 0.286 e. The highest BCUT2D eigenvalue weighted by molar-refractivity contribution is 8.15. The number of hydrogen-bond acceptors (Lipinski definition) is 6. The van der Waals surface area contributed by atoms with Crippen molar-refractivity contribution in [1.29, 1.82) is 0 Å². The average molecular weight is 371 g/mol. The molecule has 1 saturated heterocycles. The van der Waals surface area contributed by atoms with Crippen LogP contribution in [0.25, 0.3) is 0 Å². The van der Waals surface area contributed by atoms with Gasteiger partial charge in [0.2, 0.25) is 5.91 Å². The van der Waals surface area contributed by atoms with E-state index in [1.165, 1.54) is 0 Å². The Kier molecular flexibility index (Phi) is 5.58. The molecule has 2 amide bonds. The van der Waals surface area contributed by atoms with Gasteiger partial charge in [0.15, 0.2) is 12.4 Å². The van der Waals surface area contributed by atoms with Crippen LogP contribution in [0, 0.1) is 0 Å². The lowest BCUT2D eigenvalue weighted by Crippen LogP contribution is -2.25. The second-order valence-corrected chi connectivity index (χ2v) is 6.85. The van der Waals surface area contributed by atoms with E-state index in [4.69, 9.17) is 9.47 Å². The Bertz CT molecular complexity index is 817. The number of carbonyl (C=O) groups is 3. The monoisotopic (exact) mass is 371 g/mol. The maximum Gasteiger partial charge on any atom is 0.286 e. The van der Waals surface area contributed by atoms with Crippen molar-refractivity contribution in [2.45, 2.75) is 11.7 Å². The number of amides is 2. The summed E-state index contributed by atoms with van der Waals surface area (Å²) in [5.41, 5.74) is 1.47. The number of nitrogens with one attached hydrogen (secondary N) is 1. The second kappa shape index (κ2) is 8.05. The number of thioether (sulfide) groups is 1. The molecular formula is C19H17NO5S. The van der Waals surface area contributed by atoms with E-state index in [1.54, 1.807) is 43.5 Å². The highest BCUT2D eigenvalue weighted by atomic mass is 32.2. The van der Waals surface area contributed by atoms with Gasteiger partial charge in [0.1, 0.15) is 11.5 Å². The first-order chi connectivity index (χ1) is 12.5. The Morgan fingerprint density at radius 2 is 1.69 bits per heavy atom. The molecule has 26 heavy (non-hydrogen) atoms. The molecular weight excluding hydrogens is 354 g/mol. The van der Waals surface area contributed by atoms with Gasteiger partial charge in [-0.3, -0.25) is 19.7 Å². The average Bonchev–Trinajstić information content (AvgIpc) is 2.98. The molecule has 0 unspecified atom stereocenters. The molecule has 0 radical (unpaired) electrons. The summed E-state index contributed by atoms with van der Waals surface area (Å²) < 4.78 is 10.6. The van der Waals surface area contributed by atoms with Gasteiger partial charge < -0.3 is 9.47 Å². The molecule has 0 bridgehead atoms. The molecule has 7 heteroatoms. The predicted octanol–water partition coefficient (Wildman–Crippen LogP) is 2.85. The van der Waals surface area contributed by atoms with E-state index in [1.807, 2.05) is 12.1 Å². The summed E-state index contributed by atoms with van der Waals surface area (Å²) in [7, 11) is 1.57. The van der Waals surface area contributed by atoms with Crippen molar-refractivity contribution >= 4 is 28.7 Å². The van der Waals surface area contributed by atoms with Gasteiger partial charge in [-0.25, -0.2) is 0 Å².